The Bertz CT molecular complexity index is 1060. The van der Waals surface area contributed by atoms with Crippen LogP contribution in [0.25, 0.3) is 0 Å². The van der Waals surface area contributed by atoms with Gasteiger partial charge < -0.3 is 9.30 Å². The molecule has 0 aliphatic heterocycles. The zero-order chi connectivity index (χ0) is 20.3. The Morgan fingerprint density at radius 1 is 1.32 bits per heavy atom. The minimum absolute atomic E-state index is 0.169. The first-order chi connectivity index (χ1) is 13.4. The van der Waals surface area contributed by atoms with Gasteiger partial charge in [0.1, 0.15) is 22.5 Å². The predicted molar refractivity (Wildman–Crippen MR) is 106 cm³/mol. The SMILES string of the molecule is CCCn1cc(S(=O)(=O)N[C@@H](c2cccc(OC)c2)c2nccn2C)c(C)n1. The third-order valence-corrected chi connectivity index (χ3v) is 5.99. The highest BCUT2D eigenvalue weighted by Gasteiger charge is 2.28. The van der Waals surface area contributed by atoms with E-state index in [1.165, 1.54) is 0 Å². The summed E-state index contributed by atoms with van der Waals surface area (Å²) in [7, 11) is -0.424. The fraction of sp³-hybridized carbons (Fsp3) is 0.368. The van der Waals surface area contributed by atoms with Gasteiger partial charge in [0.15, 0.2) is 0 Å². The molecule has 0 saturated heterocycles. The lowest BCUT2D eigenvalue weighted by atomic mass is 10.1. The van der Waals surface area contributed by atoms with Crippen molar-refractivity contribution in [1.82, 2.24) is 24.1 Å². The molecule has 2 heterocycles. The van der Waals surface area contributed by atoms with Crippen LogP contribution in [0.1, 0.15) is 36.5 Å². The van der Waals surface area contributed by atoms with Gasteiger partial charge in [-0.1, -0.05) is 19.1 Å². The summed E-state index contributed by atoms with van der Waals surface area (Å²) in [5, 5.41) is 4.31. The minimum Gasteiger partial charge on any atom is -0.497 e. The number of benzene rings is 1. The molecular weight excluding hydrogens is 378 g/mol. The monoisotopic (exact) mass is 403 g/mol. The number of hydrogen-bond donors (Lipinski definition) is 1. The van der Waals surface area contributed by atoms with Gasteiger partial charge in [0.2, 0.25) is 10.0 Å². The van der Waals surface area contributed by atoms with Gasteiger partial charge in [-0.15, -0.1) is 0 Å². The van der Waals surface area contributed by atoms with Crippen LogP contribution in [0.5, 0.6) is 5.75 Å². The maximum Gasteiger partial charge on any atom is 0.244 e. The van der Waals surface area contributed by atoms with E-state index in [-0.39, 0.29) is 4.90 Å². The Hall–Kier alpha value is -2.65. The molecule has 0 aliphatic rings. The molecule has 0 amide bonds. The number of aromatic nitrogens is 4. The molecule has 150 valence electrons. The van der Waals surface area contributed by atoms with Gasteiger partial charge in [-0.3, -0.25) is 4.68 Å². The summed E-state index contributed by atoms with van der Waals surface area (Å²) in [6, 6.07) is 6.61. The second-order valence-corrected chi connectivity index (χ2v) is 8.25. The summed E-state index contributed by atoms with van der Waals surface area (Å²) < 4.78 is 37.9. The first-order valence-corrected chi connectivity index (χ1v) is 10.5. The largest absolute Gasteiger partial charge is 0.497 e. The van der Waals surface area contributed by atoms with Gasteiger partial charge >= 0.3 is 0 Å². The predicted octanol–water partition coefficient (Wildman–Crippen LogP) is 2.41. The molecular formula is C19H25N5O3S. The molecule has 1 atom stereocenters. The number of rotatable bonds is 8. The van der Waals surface area contributed by atoms with Crippen LogP contribution in [0, 0.1) is 6.92 Å². The van der Waals surface area contributed by atoms with Crippen molar-refractivity contribution in [2.24, 2.45) is 7.05 Å². The highest BCUT2D eigenvalue weighted by atomic mass is 32.2. The van der Waals surface area contributed by atoms with Crippen molar-refractivity contribution in [3.63, 3.8) is 0 Å². The van der Waals surface area contributed by atoms with Crippen molar-refractivity contribution in [3.8, 4) is 5.75 Å². The van der Waals surface area contributed by atoms with Crippen LogP contribution in [0.4, 0.5) is 0 Å². The zero-order valence-electron chi connectivity index (χ0n) is 16.5. The van der Waals surface area contributed by atoms with E-state index in [9.17, 15) is 8.42 Å². The molecule has 0 spiro atoms. The molecule has 8 nitrogen and oxygen atoms in total. The summed E-state index contributed by atoms with van der Waals surface area (Å²) in [6.07, 6.45) is 5.86. The molecule has 2 aromatic heterocycles. The van der Waals surface area contributed by atoms with Crippen molar-refractivity contribution in [1.29, 1.82) is 0 Å². The number of imidazole rings is 1. The van der Waals surface area contributed by atoms with Gasteiger partial charge in [-0.2, -0.15) is 9.82 Å². The van der Waals surface area contributed by atoms with E-state index < -0.39 is 16.1 Å². The van der Waals surface area contributed by atoms with Crippen LogP contribution >= 0.6 is 0 Å². The Morgan fingerprint density at radius 2 is 2.11 bits per heavy atom. The summed E-state index contributed by atoms with van der Waals surface area (Å²) in [4.78, 5) is 4.53. The van der Waals surface area contributed by atoms with Crippen LogP contribution in [0.15, 0.2) is 47.8 Å². The van der Waals surface area contributed by atoms with Gasteiger partial charge in [0, 0.05) is 32.2 Å². The van der Waals surface area contributed by atoms with Crippen molar-refractivity contribution in [3.05, 3.63) is 59.9 Å². The van der Waals surface area contributed by atoms with E-state index in [1.807, 2.05) is 32.2 Å². The Morgan fingerprint density at radius 3 is 2.75 bits per heavy atom. The third kappa shape index (κ3) is 4.10. The minimum atomic E-state index is -3.83. The van der Waals surface area contributed by atoms with Crippen LogP contribution in [0.3, 0.4) is 0 Å². The fourth-order valence-corrected chi connectivity index (χ4v) is 4.44. The standard InChI is InChI=1S/C19H25N5O3S/c1-5-10-24-13-17(14(2)21-24)28(25,26)22-18(19-20-9-11-23(19)3)15-7-6-8-16(12-15)27-4/h6-9,11-13,18,22H,5,10H2,1-4H3/t18-/m0/s1. The van der Waals surface area contributed by atoms with Crippen LogP contribution < -0.4 is 9.46 Å². The van der Waals surface area contributed by atoms with E-state index in [2.05, 4.69) is 14.8 Å². The normalized spacial score (nSPS) is 12.9. The van der Waals surface area contributed by atoms with Crippen LogP contribution in [0.2, 0.25) is 0 Å². The molecule has 9 heteroatoms. The van der Waals surface area contributed by atoms with Crippen molar-refractivity contribution < 1.29 is 13.2 Å². The average Bonchev–Trinajstić information content (AvgIpc) is 3.26. The molecule has 3 rings (SSSR count). The number of sulfonamides is 1. The summed E-state index contributed by atoms with van der Waals surface area (Å²) in [6.45, 7) is 4.38. The number of nitrogens with one attached hydrogen (secondary N) is 1. The van der Waals surface area contributed by atoms with E-state index in [4.69, 9.17) is 4.74 Å². The Kier molecular flexibility index (Phi) is 5.85. The molecule has 28 heavy (non-hydrogen) atoms. The molecule has 0 aliphatic carbocycles. The van der Waals surface area contributed by atoms with Gasteiger partial charge in [-0.05, 0) is 31.0 Å². The molecule has 0 saturated carbocycles. The summed E-state index contributed by atoms with van der Waals surface area (Å²) in [5.74, 6) is 1.22. The number of ether oxygens (including phenoxy) is 1. The average molecular weight is 404 g/mol. The summed E-state index contributed by atoms with van der Waals surface area (Å²) in [5.41, 5.74) is 1.20. The van der Waals surface area contributed by atoms with Gasteiger partial charge in [0.05, 0.1) is 12.8 Å². The van der Waals surface area contributed by atoms with E-state index in [0.717, 1.165) is 12.0 Å². The van der Waals surface area contributed by atoms with E-state index in [1.54, 1.807) is 47.9 Å². The lowest BCUT2D eigenvalue weighted by molar-refractivity contribution is 0.413. The third-order valence-electron chi connectivity index (χ3n) is 4.46. The zero-order valence-corrected chi connectivity index (χ0v) is 17.3. The second kappa shape index (κ2) is 8.15. The molecule has 1 aromatic carbocycles. The van der Waals surface area contributed by atoms with E-state index >= 15 is 0 Å². The van der Waals surface area contributed by atoms with Crippen molar-refractivity contribution >= 4 is 10.0 Å². The first kappa shape index (κ1) is 20.1. The number of nitrogens with zero attached hydrogens (tertiary/aromatic N) is 4. The second-order valence-electron chi connectivity index (χ2n) is 6.57. The maximum absolute atomic E-state index is 13.2. The topological polar surface area (TPSA) is 91.0 Å². The molecule has 0 unspecified atom stereocenters. The Balaban J connectivity index is 2.03. The highest BCUT2D eigenvalue weighted by Crippen LogP contribution is 2.26. The summed E-state index contributed by atoms with van der Waals surface area (Å²) >= 11 is 0. The smallest absolute Gasteiger partial charge is 0.244 e. The first-order valence-electron chi connectivity index (χ1n) is 9.03. The van der Waals surface area contributed by atoms with Crippen molar-refractivity contribution in [2.45, 2.75) is 37.8 Å². The molecule has 1 N–H and O–H groups in total. The molecule has 0 radical (unpaired) electrons. The van der Waals surface area contributed by atoms with Crippen LogP contribution in [-0.2, 0) is 23.6 Å². The van der Waals surface area contributed by atoms with E-state index in [0.29, 0.717) is 23.8 Å². The lowest BCUT2D eigenvalue weighted by Crippen LogP contribution is -2.31. The number of hydrogen-bond acceptors (Lipinski definition) is 5. The van der Waals surface area contributed by atoms with Crippen molar-refractivity contribution in [2.75, 3.05) is 7.11 Å². The number of methoxy groups -OCH3 is 1. The van der Waals surface area contributed by atoms with Gasteiger partial charge in [-0.25, -0.2) is 13.4 Å². The quantitative estimate of drug-likeness (QED) is 0.624. The van der Waals surface area contributed by atoms with Crippen LogP contribution in [-0.4, -0.2) is 34.9 Å². The lowest BCUT2D eigenvalue weighted by Gasteiger charge is -2.19. The molecule has 0 fully saturated rings. The fourth-order valence-electron chi connectivity index (χ4n) is 3.07. The number of aryl methyl sites for hydroxylation is 3. The molecule has 0 bridgehead atoms. The van der Waals surface area contributed by atoms with Gasteiger partial charge in [0.25, 0.3) is 0 Å². The molecule has 3 aromatic rings. The highest BCUT2D eigenvalue weighted by molar-refractivity contribution is 7.89. The maximum atomic E-state index is 13.2. The Labute approximate surface area is 165 Å².